The summed E-state index contributed by atoms with van der Waals surface area (Å²) < 4.78 is 28.6. The van der Waals surface area contributed by atoms with Crippen LogP contribution in [0.1, 0.15) is 36.7 Å². The molecule has 31 heavy (non-hydrogen) atoms. The number of nitrogens with one attached hydrogen (secondary N) is 2. The summed E-state index contributed by atoms with van der Waals surface area (Å²) in [5.41, 5.74) is 1.93. The second-order valence-electron chi connectivity index (χ2n) is 8.30. The van der Waals surface area contributed by atoms with Gasteiger partial charge in [-0.15, -0.1) is 0 Å². The van der Waals surface area contributed by atoms with Gasteiger partial charge in [0.2, 0.25) is 0 Å². The van der Waals surface area contributed by atoms with Gasteiger partial charge >= 0.3 is 0 Å². The number of piperidine rings is 1. The maximum atomic E-state index is 14.4. The van der Waals surface area contributed by atoms with Crippen LogP contribution in [0.3, 0.4) is 0 Å². The lowest BCUT2D eigenvalue weighted by Crippen LogP contribution is -2.41. The van der Waals surface area contributed by atoms with Crippen molar-refractivity contribution < 1.29 is 8.78 Å². The third-order valence-electron chi connectivity index (χ3n) is 5.91. The van der Waals surface area contributed by atoms with Crippen molar-refractivity contribution >= 4 is 23.2 Å². The molecular weight excluding hydrogens is 420 g/mol. The molecule has 1 aliphatic rings. The third-order valence-corrected chi connectivity index (χ3v) is 6.26. The maximum absolute atomic E-state index is 14.4. The Morgan fingerprint density at radius 3 is 2.74 bits per heavy atom. The van der Waals surface area contributed by atoms with Gasteiger partial charge in [-0.25, -0.2) is 13.8 Å². The van der Waals surface area contributed by atoms with E-state index in [-0.39, 0.29) is 17.7 Å². The molecule has 2 N–H and O–H groups in total. The minimum absolute atomic E-state index is 0.242. The maximum Gasteiger partial charge on any atom is 0.153 e. The number of anilines is 2. The van der Waals surface area contributed by atoms with Crippen molar-refractivity contribution in [3.63, 3.8) is 0 Å². The number of hydrogen-bond donors (Lipinski definition) is 2. The summed E-state index contributed by atoms with van der Waals surface area (Å²) in [6.45, 7) is 5.33. The Hall–Kier alpha value is -2.51. The SMILES string of the molecule is Cc1cc(Nc2ccc(F)c(C[C@@H]3CCN(Cc4c(F)cccc4Cl)[C@H](C)C3)n2)n[nH]1. The summed E-state index contributed by atoms with van der Waals surface area (Å²) in [6, 6.07) is 9.95. The van der Waals surface area contributed by atoms with E-state index in [9.17, 15) is 8.78 Å². The molecule has 4 rings (SSSR count). The van der Waals surface area contributed by atoms with Gasteiger partial charge in [-0.3, -0.25) is 10.00 Å². The molecule has 1 aliphatic heterocycles. The van der Waals surface area contributed by atoms with Crippen LogP contribution >= 0.6 is 11.6 Å². The van der Waals surface area contributed by atoms with E-state index in [0.29, 0.717) is 46.8 Å². The zero-order valence-corrected chi connectivity index (χ0v) is 18.4. The molecule has 1 aromatic carbocycles. The molecule has 3 heterocycles. The van der Waals surface area contributed by atoms with E-state index in [1.54, 1.807) is 18.2 Å². The van der Waals surface area contributed by atoms with Crippen molar-refractivity contribution in [1.82, 2.24) is 20.1 Å². The number of nitrogens with zero attached hydrogens (tertiary/aromatic N) is 3. The Morgan fingerprint density at radius 1 is 1.19 bits per heavy atom. The van der Waals surface area contributed by atoms with Crippen molar-refractivity contribution in [2.75, 3.05) is 11.9 Å². The molecule has 1 saturated heterocycles. The minimum Gasteiger partial charge on any atom is -0.323 e. The summed E-state index contributed by atoms with van der Waals surface area (Å²) in [5, 5.41) is 10.6. The topological polar surface area (TPSA) is 56.8 Å². The van der Waals surface area contributed by atoms with E-state index in [0.717, 1.165) is 25.1 Å². The number of likely N-dealkylation sites (tertiary alicyclic amines) is 1. The number of pyridine rings is 1. The number of H-pyrrole nitrogens is 1. The van der Waals surface area contributed by atoms with Gasteiger partial charge in [-0.2, -0.15) is 5.10 Å². The third kappa shape index (κ3) is 5.22. The number of hydrogen-bond acceptors (Lipinski definition) is 4. The van der Waals surface area contributed by atoms with Crippen LogP contribution in [-0.4, -0.2) is 32.7 Å². The summed E-state index contributed by atoms with van der Waals surface area (Å²) in [6.07, 6.45) is 2.36. The lowest BCUT2D eigenvalue weighted by atomic mass is 9.87. The molecule has 0 radical (unpaired) electrons. The molecule has 0 unspecified atom stereocenters. The van der Waals surface area contributed by atoms with E-state index in [4.69, 9.17) is 11.6 Å². The van der Waals surface area contributed by atoms with Crippen molar-refractivity contribution in [3.05, 3.63) is 70.0 Å². The first-order chi connectivity index (χ1) is 14.9. The molecule has 2 atom stereocenters. The molecule has 0 bridgehead atoms. The minimum atomic E-state index is -0.294. The summed E-state index contributed by atoms with van der Waals surface area (Å²) in [4.78, 5) is 6.72. The van der Waals surface area contributed by atoms with Crippen LogP contribution in [-0.2, 0) is 13.0 Å². The fraction of sp³-hybridized carbons (Fsp3) is 0.391. The molecule has 3 aromatic rings. The highest BCUT2D eigenvalue weighted by molar-refractivity contribution is 6.31. The van der Waals surface area contributed by atoms with Crippen LogP contribution in [0.2, 0.25) is 5.02 Å². The molecule has 0 aliphatic carbocycles. The summed E-state index contributed by atoms with van der Waals surface area (Å²) in [5.74, 6) is 0.965. The summed E-state index contributed by atoms with van der Waals surface area (Å²) in [7, 11) is 0. The molecule has 164 valence electrons. The Labute approximate surface area is 185 Å². The molecule has 5 nitrogen and oxygen atoms in total. The normalized spacial score (nSPS) is 19.5. The van der Waals surface area contributed by atoms with Gasteiger partial charge in [-0.05, 0) is 69.8 Å². The van der Waals surface area contributed by atoms with Gasteiger partial charge < -0.3 is 5.32 Å². The first kappa shape index (κ1) is 21.7. The Kier molecular flexibility index (Phi) is 6.53. The quantitative estimate of drug-likeness (QED) is 0.516. The van der Waals surface area contributed by atoms with Crippen LogP contribution in [0, 0.1) is 24.5 Å². The van der Waals surface area contributed by atoms with E-state index in [2.05, 4.69) is 32.3 Å². The largest absolute Gasteiger partial charge is 0.323 e. The molecule has 0 spiro atoms. The molecule has 8 heteroatoms. The fourth-order valence-corrected chi connectivity index (χ4v) is 4.43. The van der Waals surface area contributed by atoms with Crippen molar-refractivity contribution in [2.24, 2.45) is 5.92 Å². The number of aryl methyl sites for hydroxylation is 1. The van der Waals surface area contributed by atoms with Gasteiger partial charge in [0.25, 0.3) is 0 Å². The van der Waals surface area contributed by atoms with Crippen LogP contribution in [0.4, 0.5) is 20.4 Å². The lowest BCUT2D eigenvalue weighted by Gasteiger charge is -2.38. The van der Waals surface area contributed by atoms with Crippen LogP contribution in [0.15, 0.2) is 36.4 Å². The van der Waals surface area contributed by atoms with Gasteiger partial charge in [0, 0.05) is 34.9 Å². The number of aromatic nitrogens is 3. The van der Waals surface area contributed by atoms with Crippen LogP contribution < -0.4 is 5.32 Å². The summed E-state index contributed by atoms with van der Waals surface area (Å²) >= 11 is 6.20. The smallest absolute Gasteiger partial charge is 0.153 e. The molecule has 0 amide bonds. The monoisotopic (exact) mass is 445 g/mol. The predicted molar refractivity (Wildman–Crippen MR) is 119 cm³/mol. The van der Waals surface area contributed by atoms with E-state index >= 15 is 0 Å². The molecular formula is C23H26ClF2N5. The highest BCUT2D eigenvalue weighted by atomic mass is 35.5. The Balaban J connectivity index is 1.39. The zero-order valence-electron chi connectivity index (χ0n) is 17.6. The highest BCUT2D eigenvalue weighted by Gasteiger charge is 2.27. The van der Waals surface area contributed by atoms with Crippen molar-refractivity contribution in [3.8, 4) is 0 Å². The average molecular weight is 446 g/mol. The number of halogens is 3. The van der Waals surface area contributed by atoms with Gasteiger partial charge in [0.05, 0.1) is 5.69 Å². The zero-order chi connectivity index (χ0) is 22.0. The van der Waals surface area contributed by atoms with Gasteiger partial charge in [0.15, 0.2) is 5.82 Å². The van der Waals surface area contributed by atoms with Crippen molar-refractivity contribution in [1.29, 1.82) is 0 Å². The lowest BCUT2D eigenvalue weighted by molar-refractivity contribution is 0.113. The highest BCUT2D eigenvalue weighted by Crippen LogP contribution is 2.30. The molecule has 2 aromatic heterocycles. The Morgan fingerprint density at radius 2 is 2.03 bits per heavy atom. The number of benzene rings is 1. The number of rotatable bonds is 6. The van der Waals surface area contributed by atoms with Crippen molar-refractivity contribution in [2.45, 2.75) is 45.7 Å². The Bertz CT molecular complexity index is 1030. The first-order valence-electron chi connectivity index (χ1n) is 10.5. The van der Waals surface area contributed by atoms with Crippen LogP contribution in [0.5, 0.6) is 0 Å². The van der Waals surface area contributed by atoms with E-state index in [1.165, 1.54) is 12.1 Å². The van der Waals surface area contributed by atoms with E-state index < -0.39 is 0 Å². The van der Waals surface area contributed by atoms with E-state index in [1.807, 2.05) is 13.0 Å². The molecule has 1 fully saturated rings. The standard InChI is InChI=1S/C23H26ClF2N5/c1-14-10-23(30-29-14)28-22-7-6-20(26)21(27-22)12-16-8-9-31(15(2)11-16)13-17-18(24)4-3-5-19(17)25/h3-7,10,15-16H,8-9,11-13H2,1-2H3,(H2,27,28,29,30)/t15-,16-/m1/s1. The predicted octanol–water partition coefficient (Wildman–Crippen LogP) is 5.63. The number of aromatic amines is 1. The van der Waals surface area contributed by atoms with Gasteiger partial charge in [0.1, 0.15) is 17.5 Å². The van der Waals surface area contributed by atoms with Crippen LogP contribution in [0.25, 0.3) is 0 Å². The fourth-order valence-electron chi connectivity index (χ4n) is 4.21. The molecule has 0 saturated carbocycles. The average Bonchev–Trinajstić information content (AvgIpc) is 3.13. The second-order valence-corrected chi connectivity index (χ2v) is 8.71. The first-order valence-corrected chi connectivity index (χ1v) is 10.9. The second kappa shape index (κ2) is 9.32. The van der Waals surface area contributed by atoms with Gasteiger partial charge in [-0.1, -0.05) is 17.7 Å².